The summed E-state index contributed by atoms with van der Waals surface area (Å²) in [6.07, 6.45) is -3.80. The number of thioether (sulfide) groups is 1. The van der Waals surface area contributed by atoms with E-state index in [0.717, 1.165) is 0 Å². The SMILES string of the molecule is CCSc1cc(C(OC)(OC)OC)cnc1-c1nc2cc(C(F)(F)C(F)(F)F)cnc2n1C. The highest BCUT2D eigenvalue weighted by Gasteiger charge is 2.59. The van der Waals surface area contributed by atoms with Crippen LogP contribution in [0.15, 0.2) is 29.4 Å². The maximum atomic E-state index is 13.8. The molecule has 0 N–H and O–H groups in total. The Kier molecular flexibility index (Phi) is 6.99. The molecule has 0 aliphatic rings. The smallest absolute Gasteiger partial charge is 0.327 e. The summed E-state index contributed by atoms with van der Waals surface area (Å²) in [5.41, 5.74) is -0.438. The lowest BCUT2D eigenvalue weighted by atomic mass is 10.1. The number of ether oxygens (including phenoxy) is 3. The zero-order chi connectivity index (χ0) is 24.6. The molecule has 0 bridgehead atoms. The van der Waals surface area contributed by atoms with Crippen LogP contribution < -0.4 is 0 Å². The molecule has 0 saturated heterocycles. The number of hydrogen-bond acceptors (Lipinski definition) is 7. The van der Waals surface area contributed by atoms with Gasteiger partial charge in [-0.05, 0) is 17.9 Å². The Bertz CT molecular complexity index is 1140. The molecular weight excluding hydrogens is 471 g/mol. The van der Waals surface area contributed by atoms with E-state index < -0.39 is 23.6 Å². The fraction of sp³-hybridized carbons (Fsp3) is 0.450. The number of fused-ring (bicyclic) bond motifs is 1. The number of aromatic nitrogens is 4. The average molecular weight is 492 g/mol. The molecule has 7 nitrogen and oxygen atoms in total. The lowest BCUT2D eigenvalue weighted by Gasteiger charge is -2.29. The first-order chi connectivity index (χ1) is 15.5. The number of rotatable bonds is 8. The van der Waals surface area contributed by atoms with Crippen LogP contribution in [0.4, 0.5) is 22.0 Å². The fourth-order valence-corrected chi connectivity index (χ4v) is 4.07. The van der Waals surface area contributed by atoms with Crippen LogP contribution in [0.25, 0.3) is 22.7 Å². The maximum absolute atomic E-state index is 13.8. The van der Waals surface area contributed by atoms with Gasteiger partial charge in [0, 0.05) is 45.7 Å². The molecule has 3 aromatic heterocycles. The van der Waals surface area contributed by atoms with Crippen molar-refractivity contribution in [1.82, 2.24) is 19.5 Å². The summed E-state index contributed by atoms with van der Waals surface area (Å²) in [5.74, 6) is -5.66. The third-order valence-electron chi connectivity index (χ3n) is 4.95. The Balaban J connectivity index is 2.17. The molecule has 0 aliphatic heterocycles. The minimum atomic E-state index is -5.75. The van der Waals surface area contributed by atoms with Gasteiger partial charge in [0.15, 0.2) is 11.5 Å². The minimum absolute atomic E-state index is 0.118. The molecule has 3 rings (SSSR count). The van der Waals surface area contributed by atoms with Crippen LogP contribution >= 0.6 is 11.8 Å². The van der Waals surface area contributed by atoms with Gasteiger partial charge in [0.05, 0.1) is 11.1 Å². The molecule has 0 spiro atoms. The molecule has 3 heterocycles. The summed E-state index contributed by atoms with van der Waals surface area (Å²) in [7, 11) is 5.77. The normalized spacial score (nSPS) is 13.2. The molecule has 0 aromatic carbocycles. The largest absolute Gasteiger partial charge is 0.458 e. The van der Waals surface area contributed by atoms with Crippen LogP contribution in [0.5, 0.6) is 0 Å². The summed E-state index contributed by atoms with van der Waals surface area (Å²) in [6, 6.07) is 2.41. The molecule has 0 radical (unpaired) electrons. The van der Waals surface area contributed by atoms with Crippen molar-refractivity contribution in [1.29, 1.82) is 0 Å². The molecule has 0 saturated carbocycles. The molecule has 0 atom stereocenters. The highest BCUT2D eigenvalue weighted by molar-refractivity contribution is 7.99. The number of alkyl halides is 5. The summed E-state index contributed by atoms with van der Waals surface area (Å²) in [4.78, 5) is 13.2. The quantitative estimate of drug-likeness (QED) is 0.253. The number of imidazole rings is 1. The van der Waals surface area contributed by atoms with Crippen LogP contribution in [0.2, 0.25) is 0 Å². The molecule has 33 heavy (non-hydrogen) atoms. The number of methoxy groups -OCH3 is 3. The first-order valence-electron chi connectivity index (χ1n) is 9.52. The van der Waals surface area contributed by atoms with Gasteiger partial charge in [-0.3, -0.25) is 4.98 Å². The molecule has 3 aromatic rings. The topological polar surface area (TPSA) is 71.3 Å². The van der Waals surface area contributed by atoms with Crippen molar-refractivity contribution in [3.63, 3.8) is 0 Å². The molecule has 0 aliphatic carbocycles. The van der Waals surface area contributed by atoms with Crippen LogP contribution in [0.3, 0.4) is 0 Å². The van der Waals surface area contributed by atoms with Gasteiger partial charge < -0.3 is 18.8 Å². The third kappa shape index (κ3) is 4.29. The van der Waals surface area contributed by atoms with Crippen LogP contribution in [0.1, 0.15) is 18.1 Å². The van der Waals surface area contributed by atoms with Crippen LogP contribution in [-0.2, 0) is 33.2 Å². The number of aryl methyl sites for hydroxylation is 1. The second kappa shape index (κ2) is 9.12. The molecule has 0 fully saturated rings. The summed E-state index contributed by atoms with van der Waals surface area (Å²) in [5, 5.41) is 0. The zero-order valence-electron chi connectivity index (χ0n) is 18.3. The fourth-order valence-electron chi connectivity index (χ4n) is 3.27. The summed E-state index contributed by atoms with van der Waals surface area (Å²) in [6.45, 7) is 1.92. The van der Waals surface area contributed by atoms with Crippen molar-refractivity contribution in [2.75, 3.05) is 27.1 Å². The van der Waals surface area contributed by atoms with Crippen LogP contribution in [-0.4, -0.2) is 52.8 Å². The summed E-state index contributed by atoms with van der Waals surface area (Å²) >= 11 is 1.42. The average Bonchev–Trinajstić information content (AvgIpc) is 3.11. The molecular formula is C20H21F5N4O3S. The Labute approximate surface area is 190 Å². The standard InChI is InChI=1S/C20H21F5N4O3S/c1-6-33-14-8-12(19(30-3,31-4)32-5)10-26-15(14)17-28-13-7-11(9-27-16(13)29(17)2)18(21,22)20(23,24)25/h7-10H,6H2,1-5H3. The number of pyridine rings is 2. The van der Waals surface area contributed by atoms with Crippen molar-refractivity contribution in [3.8, 4) is 11.5 Å². The highest BCUT2D eigenvalue weighted by atomic mass is 32.2. The first kappa shape index (κ1) is 25.3. The minimum Gasteiger partial charge on any atom is -0.327 e. The number of halogens is 5. The second-order valence-corrected chi connectivity index (χ2v) is 8.11. The predicted octanol–water partition coefficient (Wildman–Crippen LogP) is 4.85. The highest BCUT2D eigenvalue weighted by Crippen LogP contribution is 2.44. The van der Waals surface area contributed by atoms with Gasteiger partial charge in [0.25, 0.3) is 0 Å². The number of nitrogens with zero attached hydrogens (tertiary/aromatic N) is 4. The van der Waals surface area contributed by atoms with Gasteiger partial charge in [-0.1, -0.05) is 6.92 Å². The van der Waals surface area contributed by atoms with Gasteiger partial charge >= 0.3 is 18.1 Å². The Hall–Kier alpha value is -2.35. The van der Waals surface area contributed by atoms with E-state index in [4.69, 9.17) is 14.2 Å². The van der Waals surface area contributed by atoms with Gasteiger partial charge in [0.1, 0.15) is 11.2 Å². The number of hydrogen-bond donors (Lipinski definition) is 0. The molecule has 0 amide bonds. The van der Waals surface area contributed by atoms with Crippen molar-refractivity contribution in [3.05, 3.63) is 35.7 Å². The monoisotopic (exact) mass is 492 g/mol. The molecule has 0 unspecified atom stereocenters. The van der Waals surface area contributed by atoms with Crippen molar-refractivity contribution < 1.29 is 36.2 Å². The zero-order valence-corrected chi connectivity index (χ0v) is 19.1. The van der Waals surface area contributed by atoms with E-state index in [-0.39, 0.29) is 17.0 Å². The van der Waals surface area contributed by atoms with Gasteiger partial charge in [0.2, 0.25) is 0 Å². The Morgan fingerprint density at radius 3 is 2.09 bits per heavy atom. The van der Waals surface area contributed by atoms with Crippen molar-refractivity contribution >= 4 is 22.9 Å². The van der Waals surface area contributed by atoms with E-state index in [1.807, 2.05) is 6.92 Å². The molecule has 13 heteroatoms. The Morgan fingerprint density at radius 1 is 0.939 bits per heavy atom. The molecule has 180 valence electrons. The summed E-state index contributed by atoms with van der Waals surface area (Å²) < 4.78 is 83.5. The third-order valence-corrected chi connectivity index (χ3v) is 5.86. The lowest BCUT2D eigenvalue weighted by molar-refractivity contribution is -0.364. The van der Waals surface area contributed by atoms with Crippen LogP contribution in [0, 0.1) is 0 Å². The van der Waals surface area contributed by atoms with Gasteiger partial charge in [-0.25, -0.2) is 9.97 Å². The first-order valence-corrected chi connectivity index (χ1v) is 10.5. The second-order valence-electron chi connectivity index (χ2n) is 6.81. The van der Waals surface area contributed by atoms with E-state index in [0.29, 0.717) is 34.2 Å². The maximum Gasteiger partial charge on any atom is 0.458 e. The van der Waals surface area contributed by atoms with E-state index in [2.05, 4.69) is 15.0 Å². The Morgan fingerprint density at radius 2 is 1.55 bits per heavy atom. The lowest BCUT2D eigenvalue weighted by Crippen LogP contribution is -2.33. The van der Waals surface area contributed by atoms with Gasteiger partial charge in [-0.2, -0.15) is 22.0 Å². The van der Waals surface area contributed by atoms with E-state index in [1.54, 1.807) is 13.1 Å². The van der Waals surface area contributed by atoms with Gasteiger partial charge in [-0.15, -0.1) is 11.8 Å². The van der Waals surface area contributed by atoms with E-state index in [1.165, 1.54) is 43.9 Å². The van der Waals surface area contributed by atoms with Crippen molar-refractivity contribution in [2.45, 2.75) is 29.9 Å². The van der Waals surface area contributed by atoms with E-state index in [9.17, 15) is 22.0 Å². The van der Waals surface area contributed by atoms with E-state index >= 15 is 0 Å². The van der Waals surface area contributed by atoms with Crippen molar-refractivity contribution in [2.24, 2.45) is 7.05 Å². The predicted molar refractivity (Wildman–Crippen MR) is 111 cm³/mol.